The lowest BCUT2D eigenvalue weighted by atomic mass is 10.1. The molecular formula is C14H10Cl4FNO. The Labute approximate surface area is 141 Å². The lowest BCUT2D eigenvalue weighted by Gasteiger charge is -2.15. The highest BCUT2D eigenvalue weighted by Gasteiger charge is 2.13. The first kappa shape index (κ1) is 16.7. The number of aliphatic hydroxyl groups is 1. The third-order valence-electron chi connectivity index (χ3n) is 2.80. The lowest BCUT2D eigenvalue weighted by Crippen LogP contribution is -2.12. The molecule has 0 aliphatic carbocycles. The summed E-state index contributed by atoms with van der Waals surface area (Å²) in [5.74, 6) is -0.678. The predicted octanol–water partition coefficient (Wildman–Crippen LogP) is 5.58. The van der Waals surface area contributed by atoms with Gasteiger partial charge in [0.15, 0.2) is 5.82 Å². The maximum absolute atomic E-state index is 13.3. The van der Waals surface area contributed by atoms with Crippen LogP contribution in [0, 0.1) is 5.82 Å². The molecule has 0 spiro atoms. The quantitative estimate of drug-likeness (QED) is 0.690. The van der Waals surface area contributed by atoms with Gasteiger partial charge in [0.1, 0.15) is 0 Å². The highest BCUT2D eigenvalue weighted by Crippen LogP contribution is 2.29. The van der Waals surface area contributed by atoms with Gasteiger partial charge in [-0.25, -0.2) is 4.39 Å². The molecule has 0 radical (unpaired) electrons. The van der Waals surface area contributed by atoms with E-state index in [4.69, 9.17) is 46.4 Å². The largest absolute Gasteiger partial charge is 0.387 e. The van der Waals surface area contributed by atoms with Crippen molar-refractivity contribution in [2.75, 3.05) is 11.9 Å². The SMILES string of the molecule is OC(CNc1cc(Cl)c(F)c(Cl)c1)c1cc(Cl)ccc1Cl. The van der Waals surface area contributed by atoms with E-state index in [0.717, 1.165) is 0 Å². The molecule has 1 atom stereocenters. The molecule has 0 bridgehead atoms. The number of nitrogens with one attached hydrogen (secondary N) is 1. The van der Waals surface area contributed by atoms with Gasteiger partial charge in [0.2, 0.25) is 0 Å². The molecule has 7 heteroatoms. The average Bonchev–Trinajstić information content (AvgIpc) is 2.44. The van der Waals surface area contributed by atoms with E-state index in [1.165, 1.54) is 12.1 Å². The number of hydrogen-bond donors (Lipinski definition) is 2. The van der Waals surface area contributed by atoms with Gasteiger partial charge >= 0.3 is 0 Å². The molecule has 2 aromatic rings. The molecule has 2 N–H and O–H groups in total. The van der Waals surface area contributed by atoms with Crippen molar-refractivity contribution < 1.29 is 9.50 Å². The Bertz CT molecular complexity index is 642. The Hall–Kier alpha value is -0.710. The van der Waals surface area contributed by atoms with E-state index < -0.39 is 11.9 Å². The van der Waals surface area contributed by atoms with Crippen molar-refractivity contribution in [1.82, 2.24) is 0 Å². The molecule has 2 aromatic carbocycles. The Morgan fingerprint density at radius 2 is 1.62 bits per heavy atom. The summed E-state index contributed by atoms with van der Waals surface area (Å²) >= 11 is 23.3. The van der Waals surface area contributed by atoms with Crippen LogP contribution in [0.1, 0.15) is 11.7 Å². The summed E-state index contributed by atoms with van der Waals surface area (Å²) in [5, 5.41) is 13.7. The van der Waals surface area contributed by atoms with Crippen LogP contribution in [0.5, 0.6) is 0 Å². The van der Waals surface area contributed by atoms with Crippen molar-refractivity contribution in [3.05, 3.63) is 61.8 Å². The number of aliphatic hydroxyl groups excluding tert-OH is 1. The van der Waals surface area contributed by atoms with Crippen LogP contribution < -0.4 is 5.32 Å². The van der Waals surface area contributed by atoms with E-state index in [1.54, 1.807) is 18.2 Å². The minimum absolute atomic E-state index is 0.0970. The first-order chi connectivity index (χ1) is 9.88. The van der Waals surface area contributed by atoms with Gasteiger partial charge < -0.3 is 10.4 Å². The summed E-state index contributed by atoms with van der Waals surface area (Å²) in [6.45, 7) is 0.137. The second kappa shape index (κ2) is 7.03. The molecule has 0 aliphatic rings. The van der Waals surface area contributed by atoms with E-state index in [9.17, 15) is 9.50 Å². The molecule has 0 aliphatic heterocycles. The molecule has 21 heavy (non-hydrogen) atoms. The normalized spacial score (nSPS) is 12.3. The zero-order chi connectivity index (χ0) is 15.6. The first-order valence-electron chi connectivity index (χ1n) is 5.90. The van der Waals surface area contributed by atoms with Gasteiger partial charge in [-0.2, -0.15) is 0 Å². The van der Waals surface area contributed by atoms with E-state index >= 15 is 0 Å². The molecule has 0 saturated carbocycles. The van der Waals surface area contributed by atoms with Crippen LogP contribution in [0.2, 0.25) is 20.1 Å². The third-order valence-corrected chi connectivity index (χ3v) is 3.93. The fourth-order valence-corrected chi connectivity index (χ4v) is 2.66. The predicted molar refractivity (Wildman–Crippen MR) is 86.3 cm³/mol. The molecule has 0 aromatic heterocycles. The highest BCUT2D eigenvalue weighted by atomic mass is 35.5. The zero-order valence-corrected chi connectivity index (χ0v) is 13.5. The molecule has 2 nitrogen and oxygen atoms in total. The van der Waals surface area contributed by atoms with Crippen LogP contribution in [0.3, 0.4) is 0 Å². The van der Waals surface area contributed by atoms with Crippen molar-refractivity contribution in [3.8, 4) is 0 Å². The van der Waals surface area contributed by atoms with Crippen molar-refractivity contribution >= 4 is 52.1 Å². The molecule has 1 unspecified atom stereocenters. The van der Waals surface area contributed by atoms with E-state index in [-0.39, 0.29) is 16.6 Å². The number of anilines is 1. The van der Waals surface area contributed by atoms with Crippen LogP contribution >= 0.6 is 46.4 Å². The standard InChI is InChI=1S/C14H10Cl4FNO/c15-7-1-2-10(16)9(3-7)13(21)6-20-8-4-11(17)14(19)12(18)5-8/h1-5,13,20-21H,6H2. The van der Waals surface area contributed by atoms with E-state index in [1.807, 2.05) is 0 Å². The number of benzene rings is 2. The summed E-state index contributed by atoms with van der Waals surface area (Å²) in [4.78, 5) is 0. The Morgan fingerprint density at radius 3 is 2.24 bits per heavy atom. The second-order valence-corrected chi connectivity index (χ2v) is 5.97. The molecule has 112 valence electrons. The summed E-state index contributed by atoms with van der Waals surface area (Å²) in [7, 11) is 0. The summed E-state index contributed by atoms with van der Waals surface area (Å²) < 4.78 is 13.3. The summed E-state index contributed by atoms with van der Waals surface area (Å²) in [6, 6.07) is 7.59. The van der Waals surface area contributed by atoms with Gasteiger partial charge in [-0.3, -0.25) is 0 Å². The van der Waals surface area contributed by atoms with Crippen LogP contribution in [-0.2, 0) is 0 Å². The lowest BCUT2D eigenvalue weighted by molar-refractivity contribution is 0.192. The fraction of sp³-hybridized carbons (Fsp3) is 0.143. The molecule has 0 amide bonds. The smallest absolute Gasteiger partial charge is 0.160 e. The van der Waals surface area contributed by atoms with Gasteiger partial charge in [-0.1, -0.05) is 46.4 Å². The second-order valence-electron chi connectivity index (χ2n) is 4.32. The molecule has 0 fully saturated rings. The summed E-state index contributed by atoms with van der Waals surface area (Å²) in [6.07, 6.45) is -0.890. The van der Waals surface area contributed by atoms with Crippen molar-refractivity contribution in [3.63, 3.8) is 0 Å². The van der Waals surface area contributed by atoms with Gasteiger partial charge in [0, 0.05) is 27.8 Å². The minimum atomic E-state index is -0.890. The number of rotatable bonds is 4. The van der Waals surface area contributed by atoms with Gasteiger partial charge in [-0.05, 0) is 30.3 Å². The maximum Gasteiger partial charge on any atom is 0.160 e. The minimum Gasteiger partial charge on any atom is -0.387 e. The maximum atomic E-state index is 13.3. The number of hydrogen-bond acceptors (Lipinski definition) is 2. The van der Waals surface area contributed by atoms with E-state index in [2.05, 4.69) is 5.32 Å². The highest BCUT2D eigenvalue weighted by molar-refractivity contribution is 6.35. The molecule has 2 rings (SSSR count). The molecule has 0 saturated heterocycles. The van der Waals surface area contributed by atoms with E-state index in [0.29, 0.717) is 21.3 Å². The van der Waals surface area contributed by atoms with Crippen LogP contribution in [-0.4, -0.2) is 11.7 Å². The molecular weight excluding hydrogens is 359 g/mol. The van der Waals surface area contributed by atoms with Gasteiger partial charge in [0.05, 0.1) is 16.1 Å². The number of halogens is 5. The Balaban J connectivity index is 2.11. The topological polar surface area (TPSA) is 32.3 Å². The Morgan fingerprint density at radius 1 is 1.00 bits per heavy atom. The van der Waals surface area contributed by atoms with Gasteiger partial charge in [-0.15, -0.1) is 0 Å². The first-order valence-corrected chi connectivity index (χ1v) is 7.41. The third kappa shape index (κ3) is 4.15. The summed E-state index contributed by atoms with van der Waals surface area (Å²) in [5.41, 5.74) is 0.986. The van der Waals surface area contributed by atoms with Crippen LogP contribution in [0.4, 0.5) is 10.1 Å². The van der Waals surface area contributed by atoms with Crippen LogP contribution in [0.15, 0.2) is 30.3 Å². The Kier molecular flexibility index (Phi) is 5.58. The fourth-order valence-electron chi connectivity index (χ4n) is 1.75. The monoisotopic (exact) mass is 367 g/mol. The molecule has 0 heterocycles. The zero-order valence-electron chi connectivity index (χ0n) is 10.5. The van der Waals surface area contributed by atoms with Crippen LogP contribution in [0.25, 0.3) is 0 Å². The van der Waals surface area contributed by atoms with Crippen molar-refractivity contribution in [1.29, 1.82) is 0 Å². The van der Waals surface area contributed by atoms with Crippen molar-refractivity contribution in [2.45, 2.75) is 6.10 Å². The van der Waals surface area contributed by atoms with Crippen molar-refractivity contribution in [2.24, 2.45) is 0 Å². The average molecular weight is 369 g/mol. The van der Waals surface area contributed by atoms with Gasteiger partial charge in [0.25, 0.3) is 0 Å².